The normalized spacial score (nSPS) is 14.6. The molecule has 124 valence electrons. The molecule has 0 bridgehead atoms. The van der Waals surface area contributed by atoms with E-state index in [9.17, 15) is 9.59 Å². The average molecular weight is 324 g/mol. The minimum Gasteiger partial charge on any atom is -0.481 e. The van der Waals surface area contributed by atoms with Crippen LogP contribution in [0.1, 0.15) is 18.9 Å². The minimum absolute atomic E-state index is 0.00358. The number of fused-ring (bicyclic) bond motifs is 1. The Hall–Kier alpha value is -2.82. The molecule has 0 spiro atoms. The van der Waals surface area contributed by atoms with Crippen molar-refractivity contribution in [3.8, 4) is 5.75 Å². The molecule has 0 aliphatic carbocycles. The van der Waals surface area contributed by atoms with Crippen LogP contribution in [0.2, 0.25) is 0 Å². The van der Waals surface area contributed by atoms with Gasteiger partial charge in [-0.2, -0.15) is 0 Å². The van der Waals surface area contributed by atoms with E-state index in [1.807, 2.05) is 56.3 Å². The largest absolute Gasteiger partial charge is 0.481 e. The van der Waals surface area contributed by atoms with Crippen LogP contribution in [-0.4, -0.2) is 24.5 Å². The van der Waals surface area contributed by atoms with Gasteiger partial charge in [-0.3, -0.25) is 14.5 Å². The molecule has 1 aliphatic rings. The van der Waals surface area contributed by atoms with Crippen molar-refractivity contribution in [3.63, 3.8) is 0 Å². The van der Waals surface area contributed by atoms with Crippen molar-refractivity contribution in [2.24, 2.45) is 0 Å². The molecule has 0 saturated heterocycles. The van der Waals surface area contributed by atoms with Crippen molar-refractivity contribution in [1.29, 1.82) is 0 Å². The molecular formula is C19H20N2O3. The number of anilines is 2. The van der Waals surface area contributed by atoms with Gasteiger partial charge >= 0.3 is 0 Å². The van der Waals surface area contributed by atoms with Gasteiger partial charge in [0.25, 0.3) is 5.91 Å². The number of nitrogens with zero attached hydrogens (tertiary/aromatic N) is 1. The molecule has 0 aromatic heterocycles. The van der Waals surface area contributed by atoms with E-state index in [0.29, 0.717) is 23.5 Å². The number of hydrogen-bond acceptors (Lipinski definition) is 3. The molecule has 5 heteroatoms. The third kappa shape index (κ3) is 3.25. The van der Waals surface area contributed by atoms with E-state index in [1.165, 1.54) is 4.90 Å². The van der Waals surface area contributed by atoms with Gasteiger partial charge in [0.05, 0.1) is 11.4 Å². The molecule has 24 heavy (non-hydrogen) atoms. The molecule has 1 aliphatic heterocycles. The summed E-state index contributed by atoms with van der Waals surface area (Å²) < 4.78 is 5.86. The van der Waals surface area contributed by atoms with Crippen LogP contribution in [0.5, 0.6) is 5.75 Å². The minimum atomic E-state index is -0.633. The second kappa shape index (κ2) is 6.74. The number of rotatable bonds is 4. The van der Waals surface area contributed by atoms with E-state index >= 15 is 0 Å². The van der Waals surface area contributed by atoms with E-state index in [-0.39, 0.29) is 18.4 Å². The molecule has 3 rings (SSSR count). The summed E-state index contributed by atoms with van der Waals surface area (Å²) in [5, 5.41) is 2.78. The maximum atomic E-state index is 12.9. The van der Waals surface area contributed by atoms with Gasteiger partial charge in [0.15, 0.2) is 6.10 Å². The molecule has 0 saturated carbocycles. The van der Waals surface area contributed by atoms with Crippen LogP contribution >= 0.6 is 0 Å². The quantitative estimate of drug-likeness (QED) is 0.940. The second-order valence-corrected chi connectivity index (χ2v) is 5.82. The van der Waals surface area contributed by atoms with Gasteiger partial charge in [-0.1, -0.05) is 36.8 Å². The first-order chi connectivity index (χ1) is 11.6. The van der Waals surface area contributed by atoms with Gasteiger partial charge < -0.3 is 10.1 Å². The van der Waals surface area contributed by atoms with Crippen molar-refractivity contribution in [3.05, 3.63) is 54.1 Å². The fourth-order valence-corrected chi connectivity index (χ4v) is 2.69. The molecule has 2 amide bonds. The Labute approximate surface area is 141 Å². The highest BCUT2D eigenvalue weighted by molar-refractivity contribution is 6.11. The zero-order valence-corrected chi connectivity index (χ0v) is 13.8. The maximum Gasteiger partial charge on any atom is 0.268 e. The lowest BCUT2D eigenvalue weighted by Gasteiger charge is -2.31. The number of aryl methyl sites for hydroxylation is 1. The molecule has 2 aromatic carbocycles. The summed E-state index contributed by atoms with van der Waals surface area (Å²) in [6, 6.07) is 14.9. The van der Waals surface area contributed by atoms with Gasteiger partial charge in [0, 0.05) is 0 Å². The number of para-hydroxylation sites is 2. The SMILES string of the molecule is CC[C@H](Oc1ccc(C)cc1)C(=O)N1CC(=O)Nc2ccccc21. The molecular weight excluding hydrogens is 304 g/mol. The highest BCUT2D eigenvalue weighted by Gasteiger charge is 2.31. The first-order valence-corrected chi connectivity index (χ1v) is 8.02. The number of hydrogen-bond donors (Lipinski definition) is 1. The molecule has 0 radical (unpaired) electrons. The Morgan fingerprint density at radius 1 is 1.21 bits per heavy atom. The van der Waals surface area contributed by atoms with Crippen molar-refractivity contribution in [1.82, 2.24) is 0 Å². The lowest BCUT2D eigenvalue weighted by molar-refractivity contribution is -0.127. The molecule has 2 aromatic rings. The van der Waals surface area contributed by atoms with Crippen LogP contribution in [-0.2, 0) is 9.59 Å². The van der Waals surface area contributed by atoms with E-state index in [0.717, 1.165) is 5.56 Å². The van der Waals surface area contributed by atoms with E-state index in [1.54, 1.807) is 6.07 Å². The lowest BCUT2D eigenvalue weighted by Crippen LogP contribution is -2.48. The van der Waals surface area contributed by atoms with Gasteiger partial charge in [-0.05, 0) is 37.6 Å². The standard InChI is InChI=1S/C19H20N2O3/c1-3-17(24-14-10-8-13(2)9-11-14)19(23)21-12-18(22)20-15-6-4-5-7-16(15)21/h4-11,17H,3,12H2,1-2H3,(H,20,22)/t17-/m0/s1. The van der Waals surface area contributed by atoms with Crippen LogP contribution in [0.15, 0.2) is 48.5 Å². The zero-order chi connectivity index (χ0) is 17.1. The van der Waals surface area contributed by atoms with Crippen LogP contribution in [0.25, 0.3) is 0 Å². The molecule has 0 unspecified atom stereocenters. The Balaban J connectivity index is 1.83. The van der Waals surface area contributed by atoms with Gasteiger partial charge in [0.2, 0.25) is 5.91 Å². The van der Waals surface area contributed by atoms with Gasteiger partial charge in [-0.15, -0.1) is 0 Å². The summed E-state index contributed by atoms with van der Waals surface area (Å²) in [7, 11) is 0. The van der Waals surface area contributed by atoms with Crippen molar-refractivity contribution in [2.45, 2.75) is 26.4 Å². The number of carbonyl (C=O) groups excluding carboxylic acids is 2. The summed E-state index contributed by atoms with van der Waals surface area (Å²) in [6.07, 6.45) is -0.112. The summed E-state index contributed by atoms with van der Waals surface area (Å²) in [5.74, 6) is 0.239. The third-order valence-corrected chi connectivity index (χ3v) is 3.98. The predicted molar refractivity (Wildman–Crippen MR) is 93.3 cm³/mol. The van der Waals surface area contributed by atoms with Gasteiger partial charge in [-0.25, -0.2) is 0 Å². The molecule has 1 heterocycles. The molecule has 1 atom stereocenters. The summed E-state index contributed by atoms with van der Waals surface area (Å²) >= 11 is 0. The topological polar surface area (TPSA) is 58.6 Å². The Morgan fingerprint density at radius 2 is 1.92 bits per heavy atom. The highest BCUT2D eigenvalue weighted by atomic mass is 16.5. The fraction of sp³-hybridized carbons (Fsp3) is 0.263. The van der Waals surface area contributed by atoms with Crippen molar-refractivity contribution >= 4 is 23.2 Å². The summed E-state index contributed by atoms with van der Waals surface area (Å²) in [4.78, 5) is 26.3. The number of nitrogens with one attached hydrogen (secondary N) is 1. The first kappa shape index (κ1) is 16.1. The predicted octanol–water partition coefficient (Wildman–Crippen LogP) is 3.14. The fourth-order valence-electron chi connectivity index (χ4n) is 2.69. The van der Waals surface area contributed by atoms with Crippen LogP contribution in [0, 0.1) is 6.92 Å². The Kier molecular flexibility index (Phi) is 4.51. The Bertz CT molecular complexity index is 755. The van der Waals surface area contributed by atoms with E-state index in [4.69, 9.17) is 4.74 Å². The van der Waals surface area contributed by atoms with Gasteiger partial charge in [0.1, 0.15) is 12.3 Å². The van der Waals surface area contributed by atoms with Crippen LogP contribution < -0.4 is 15.0 Å². The number of carbonyl (C=O) groups is 2. The van der Waals surface area contributed by atoms with Crippen LogP contribution in [0.4, 0.5) is 11.4 Å². The van der Waals surface area contributed by atoms with Crippen molar-refractivity contribution < 1.29 is 14.3 Å². The molecule has 5 nitrogen and oxygen atoms in total. The second-order valence-electron chi connectivity index (χ2n) is 5.82. The zero-order valence-electron chi connectivity index (χ0n) is 13.8. The molecule has 1 N–H and O–H groups in total. The number of amides is 2. The monoisotopic (exact) mass is 324 g/mol. The smallest absolute Gasteiger partial charge is 0.268 e. The maximum absolute atomic E-state index is 12.9. The Morgan fingerprint density at radius 3 is 2.62 bits per heavy atom. The average Bonchev–Trinajstić information content (AvgIpc) is 2.60. The van der Waals surface area contributed by atoms with Crippen LogP contribution in [0.3, 0.4) is 0 Å². The molecule has 0 fully saturated rings. The third-order valence-electron chi connectivity index (χ3n) is 3.98. The first-order valence-electron chi connectivity index (χ1n) is 8.02. The summed E-state index contributed by atoms with van der Waals surface area (Å²) in [5.41, 5.74) is 2.48. The van der Waals surface area contributed by atoms with Crippen molar-refractivity contribution in [2.75, 3.05) is 16.8 Å². The van der Waals surface area contributed by atoms with E-state index in [2.05, 4.69) is 5.32 Å². The van der Waals surface area contributed by atoms with E-state index < -0.39 is 6.10 Å². The lowest BCUT2D eigenvalue weighted by atomic mass is 10.1. The summed E-state index contributed by atoms with van der Waals surface area (Å²) in [6.45, 7) is 3.89. The highest BCUT2D eigenvalue weighted by Crippen LogP contribution is 2.30. The number of benzene rings is 2. The number of ether oxygens (including phenoxy) is 1.